The first kappa shape index (κ1) is 13.8. The van der Waals surface area contributed by atoms with E-state index in [0.29, 0.717) is 11.9 Å². The molecule has 104 valence electrons. The summed E-state index contributed by atoms with van der Waals surface area (Å²) in [6.45, 7) is 6.76. The molecule has 0 aromatic rings. The molecule has 2 aliphatic heterocycles. The minimum atomic E-state index is -0.150. The molecular weight excluding hydrogens is 228 g/mol. The van der Waals surface area contributed by atoms with Gasteiger partial charge in [0.1, 0.15) is 0 Å². The van der Waals surface area contributed by atoms with Gasteiger partial charge in [0, 0.05) is 32.8 Å². The predicted octanol–water partition coefficient (Wildman–Crippen LogP) is 1.40. The quantitative estimate of drug-likeness (QED) is 0.810. The van der Waals surface area contributed by atoms with Gasteiger partial charge in [-0.05, 0) is 39.5 Å². The maximum absolute atomic E-state index is 12.5. The van der Waals surface area contributed by atoms with Gasteiger partial charge in [0.2, 0.25) is 5.91 Å². The van der Waals surface area contributed by atoms with Crippen LogP contribution in [-0.4, -0.2) is 49.2 Å². The first-order valence-electron chi connectivity index (χ1n) is 7.11. The van der Waals surface area contributed by atoms with Crippen molar-refractivity contribution in [1.29, 1.82) is 0 Å². The average molecular weight is 254 g/mol. The largest absolute Gasteiger partial charge is 0.377 e. The van der Waals surface area contributed by atoms with Gasteiger partial charge in [-0.25, -0.2) is 0 Å². The highest BCUT2D eigenvalue weighted by Crippen LogP contribution is 2.26. The van der Waals surface area contributed by atoms with Crippen LogP contribution < -0.4 is 5.32 Å². The first-order valence-corrected chi connectivity index (χ1v) is 7.11. The summed E-state index contributed by atoms with van der Waals surface area (Å²) in [6, 6.07) is 0.555. The van der Waals surface area contributed by atoms with Crippen molar-refractivity contribution in [2.24, 2.45) is 5.92 Å². The molecule has 2 saturated heterocycles. The Labute approximate surface area is 110 Å². The molecule has 1 N–H and O–H groups in total. The highest BCUT2D eigenvalue weighted by Gasteiger charge is 2.36. The maximum Gasteiger partial charge on any atom is 0.227 e. The number of carbonyl (C=O) groups is 1. The first-order chi connectivity index (χ1) is 8.54. The number of likely N-dealkylation sites (tertiary alicyclic amines) is 1. The zero-order valence-electron chi connectivity index (χ0n) is 11.9. The molecule has 0 aliphatic carbocycles. The third kappa shape index (κ3) is 3.04. The monoisotopic (exact) mass is 254 g/mol. The third-order valence-electron chi connectivity index (χ3n) is 4.47. The molecule has 2 rings (SSSR count). The molecule has 2 fully saturated rings. The summed E-state index contributed by atoms with van der Waals surface area (Å²) in [7, 11) is 1.75. The van der Waals surface area contributed by atoms with Gasteiger partial charge in [0.15, 0.2) is 0 Å². The van der Waals surface area contributed by atoms with E-state index < -0.39 is 0 Å². The molecule has 2 aliphatic rings. The number of hydrogen-bond donors (Lipinski definition) is 1. The normalized spacial score (nSPS) is 37.6. The number of rotatable bonds is 2. The Morgan fingerprint density at radius 3 is 2.83 bits per heavy atom. The average Bonchev–Trinajstić information content (AvgIpc) is 2.39. The van der Waals surface area contributed by atoms with E-state index in [0.717, 1.165) is 45.3 Å². The maximum atomic E-state index is 12.5. The molecule has 0 aromatic carbocycles. The molecule has 0 radical (unpaired) electrons. The van der Waals surface area contributed by atoms with Gasteiger partial charge >= 0.3 is 0 Å². The van der Waals surface area contributed by atoms with Crippen molar-refractivity contribution in [2.45, 2.75) is 51.2 Å². The van der Waals surface area contributed by atoms with Gasteiger partial charge in [-0.1, -0.05) is 0 Å². The van der Waals surface area contributed by atoms with Crippen molar-refractivity contribution in [1.82, 2.24) is 10.2 Å². The third-order valence-corrected chi connectivity index (χ3v) is 4.47. The minimum absolute atomic E-state index is 0.150. The Balaban J connectivity index is 1.92. The molecule has 3 unspecified atom stereocenters. The zero-order valence-corrected chi connectivity index (χ0v) is 11.9. The second-order valence-electron chi connectivity index (χ2n) is 6.10. The lowest BCUT2D eigenvalue weighted by Gasteiger charge is -2.41. The fourth-order valence-electron chi connectivity index (χ4n) is 3.03. The second-order valence-corrected chi connectivity index (χ2v) is 6.10. The topological polar surface area (TPSA) is 41.6 Å². The lowest BCUT2D eigenvalue weighted by atomic mass is 9.90. The smallest absolute Gasteiger partial charge is 0.227 e. The minimum Gasteiger partial charge on any atom is -0.377 e. The Hall–Kier alpha value is -0.610. The summed E-state index contributed by atoms with van der Waals surface area (Å²) in [4.78, 5) is 14.5. The van der Waals surface area contributed by atoms with Gasteiger partial charge in [0.05, 0.1) is 11.5 Å². The number of methoxy groups -OCH3 is 1. The van der Waals surface area contributed by atoms with Crippen LogP contribution in [0, 0.1) is 5.92 Å². The molecule has 0 saturated carbocycles. The van der Waals surface area contributed by atoms with E-state index in [1.54, 1.807) is 7.11 Å². The molecule has 4 nitrogen and oxygen atoms in total. The highest BCUT2D eigenvalue weighted by molar-refractivity contribution is 5.79. The second kappa shape index (κ2) is 5.57. The fraction of sp³-hybridized carbons (Fsp3) is 0.929. The van der Waals surface area contributed by atoms with Gasteiger partial charge < -0.3 is 15.0 Å². The van der Waals surface area contributed by atoms with Crippen molar-refractivity contribution in [2.75, 3.05) is 26.7 Å². The van der Waals surface area contributed by atoms with Gasteiger partial charge in [-0.15, -0.1) is 0 Å². The molecule has 0 bridgehead atoms. The Bertz CT molecular complexity index is 300. The lowest BCUT2D eigenvalue weighted by molar-refractivity contribution is -0.144. The number of ether oxygens (including phenoxy) is 1. The number of carbonyl (C=O) groups excluding carboxylic acids is 1. The SMILES string of the molecule is COC1(C)CCCN(C(=O)C2CCC(C)NC2)C1. The van der Waals surface area contributed by atoms with Crippen LogP contribution >= 0.6 is 0 Å². The van der Waals surface area contributed by atoms with E-state index in [1.165, 1.54) is 0 Å². The summed E-state index contributed by atoms with van der Waals surface area (Å²) >= 11 is 0. The fourth-order valence-corrected chi connectivity index (χ4v) is 3.03. The summed E-state index contributed by atoms with van der Waals surface area (Å²) < 4.78 is 5.55. The molecule has 18 heavy (non-hydrogen) atoms. The van der Waals surface area contributed by atoms with Gasteiger partial charge in [0.25, 0.3) is 0 Å². The van der Waals surface area contributed by atoms with Crippen molar-refractivity contribution >= 4 is 5.91 Å². The van der Waals surface area contributed by atoms with Crippen LogP contribution in [0.5, 0.6) is 0 Å². The van der Waals surface area contributed by atoms with Crippen molar-refractivity contribution in [3.63, 3.8) is 0 Å². The Kier molecular flexibility index (Phi) is 4.28. The van der Waals surface area contributed by atoms with Crippen LogP contribution in [-0.2, 0) is 9.53 Å². The Morgan fingerprint density at radius 2 is 2.22 bits per heavy atom. The van der Waals surface area contributed by atoms with Crippen molar-refractivity contribution < 1.29 is 9.53 Å². The lowest BCUT2D eigenvalue weighted by Crippen LogP contribution is -2.53. The Morgan fingerprint density at radius 1 is 1.44 bits per heavy atom. The van der Waals surface area contributed by atoms with Crippen molar-refractivity contribution in [3.8, 4) is 0 Å². The van der Waals surface area contributed by atoms with E-state index in [-0.39, 0.29) is 11.5 Å². The molecule has 0 aromatic heterocycles. The molecule has 2 heterocycles. The highest BCUT2D eigenvalue weighted by atomic mass is 16.5. The number of amides is 1. The van der Waals surface area contributed by atoms with Crippen LogP contribution in [0.1, 0.15) is 39.5 Å². The van der Waals surface area contributed by atoms with E-state index in [2.05, 4.69) is 19.2 Å². The number of nitrogens with zero attached hydrogens (tertiary/aromatic N) is 1. The van der Waals surface area contributed by atoms with Crippen molar-refractivity contribution in [3.05, 3.63) is 0 Å². The van der Waals surface area contributed by atoms with Crippen LogP contribution in [0.15, 0.2) is 0 Å². The molecular formula is C14H26N2O2. The summed E-state index contributed by atoms with van der Waals surface area (Å²) in [5.74, 6) is 0.484. The predicted molar refractivity (Wildman–Crippen MR) is 71.4 cm³/mol. The van der Waals surface area contributed by atoms with E-state index >= 15 is 0 Å². The van der Waals surface area contributed by atoms with E-state index in [9.17, 15) is 4.79 Å². The molecule has 1 amide bonds. The summed E-state index contributed by atoms with van der Waals surface area (Å²) in [5.41, 5.74) is -0.150. The van der Waals surface area contributed by atoms with E-state index in [4.69, 9.17) is 4.74 Å². The standard InChI is InChI=1S/C14H26N2O2/c1-11-5-6-12(9-15-11)13(17)16-8-4-7-14(2,10-16)18-3/h11-12,15H,4-10H2,1-3H3. The van der Waals surface area contributed by atoms with E-state index in [1.807, 2.05) is 4.90 Å². The number of hydrogen-bond acceptors (Lipinski definition) is 3. The zero-order chi connectivity index (χ0) is 13.2. The summed E-state index contributed by atoms with van der Waals surface area (Å²) in [5, 5.41) is 3.41. The van der Waals surface area contributed by atoms with Crippen LogP contribution in [0.3, 0.4) is 0 Å². The van der Waals surface area contributed by atoms with Crippen LogP contribution in [0.4, 0.5) is 0 Å². The van der Waals surface area contributed by atoms with Gasteiger partial charge in [-0.3, -0.25) is 4.79 Å². The number of piperidine rings is 2. The molecule has 3 atom stereocenters. The van der Waals surface area contributed by atoms with Crippen LogP contribution in [0.2, 0.25) is 0 Å². The summed E-state index contributed by atoms with van der Waals surface area (Å²) in [6.07, 6.45) is 4.22. The number of nitrogens with one attached hydrogen (secondary N) is 1. The van der Waals surface area contributed by atoms with Gasteiger partial charge in [-0.2, -0.15) is 0 Å². The molecule has 4 heteroatoms. The van der Waals surface area contributed by atoms with Crippen LogP contribution in [0.25, 0.3) is 0 Å². The molecule has 0 spiro atoms.